The van der Waals surface area contributed by atoms with Crippen LogP contribution in [0.2, 0.25) is 0 Å². The zero-order valence-electron chi connectivity index (χ0n) is 14.7. The molecule has 6 nitrogen and oxygen atoms in total. The van der Waals surface area contributed by atoms with E-state index in [-0.39, 0.29) is 17.9 Å². The summed E-state index contributed by atoms with van der Waals surface area (Å²) in [5.74, 6) is -0.211. The topological polar surface area (TPSA) is 67.6 Å². The van der Waals surface area contributed by atoms with Crippen LogP contribution in [0.3, 0.4) is 0 Å². The molecule has 1 aliphatic rings. The molecule has 0 saturated carbocycles. The van der Waals surface area contributed by atoms with Crippen molar-refractivity contribution in [2.24, 2.45) is 5.92 Å². The molecule has 1 aromatic carbocycles. The van der Waals surface area contributed by atoms with Gasteiger partial charge in [0.2, 0.25) is 5.91 Å². The van der Waals surface area contributed by atoms with E-state index in [9.17, 15) is 9.90 Å². The number of aliphatic hydroxyl groups is 1. The Morgan fingerprint density at radius 1 is 1.44 bits per heavy atom. The van der Waals surface area contributed by atoms with Gasteiger partial charge in [-0.25, -0.2) is 0 Å². The highest BCUT2D eigenvalue weighted by atomic mass is 16.5. The highest BCUT2D eigenvalue weighted by Gasteiger charge is 2.37. The first-order chi connectivity index (χ1) is 12.0. The number of benzene rings is 1. The number of carbonyl (C=O) groups is 1. The number of carbonyl (C=O) groups excluding carboxylic acids is 1. The van der Waals surface area contributed by atoms with E-state index < -0.39 is 6.10 Å². The number of rotatable bonds is 6. The van der Waals surface area contributed by atoms with E-state index in [2.05, 4.69) is 17.2 Å². The largest absolute Gasteiger partial charge is 0.392 e. The quantitative estimate of drug-likeness (QED) is 0.869. The van der Waals surface area contributed by atoms with Gasteiger partial charge in [-0.15, -0.1) is 0 Å². The second-order valence-electron chi connectivity index (χ2n) is 6.71. The Morgan fingerprint density at radius 2 is 2.20 bits per heavy atom. The summed E-state index contributed by atoms with van der Waals surface area (Å²) in [6, 6.07) is 10.1. The Morgan fingerprint density at radius 3 is 2.92 bits per heavy atom. The number of likely N-dealkylation sites (N-methyl/N-ethyl adjacent to an activating group) is 1. The number of hydrogen-bond acceptors (Lipinski definition) is 4. The maximum Gasteiger partial charge on any atom is 0.228 e. The van der Waals surface area contributed by atoms with Crippen LogP contribution < -0.4 is 0 Å². The standard InChI is InChI=1S/C19H25N3O3/c1-14(23)11-21(2)19(24)17-8-9-25-18(17)16-10-20-22(13-16)12-15-6-4-3-5-7-15/h3-7,10,13-14,17-18,23H,8-9,11-12H2,1-2H3/t14-,17-,18+/m0/s1. The van der Waals surface area contributed by atoms with Crippen molar-refractivity contribution in [3.63, 3.8) is 0 Å². The van der Waals surface area contributed by atoms with Gasteiger partial charge >= 0.3 is 0 Å². The smallest absolute Gasteiger partial charge is 0.228 e. The summed E-state index contributed by atoms with van der Waals surface area (Å²) in [6.45, 7) is 3.26. The lowest BCUT2D eigenvalue weighted by atomic mass is 9.96. The van der Waals surface area contributed by atoms with Gasteiger partial charge in [-0.1, -0.05) is 30.3 Å². The highest BCUT2D eigenvalue weighted by molar-refractivity contribution is 5.79. The molecule has 0 unspecified atom stereocenters. The average Bonchev–Trinajstić information content (AvgIpc) is 3.23. The molecule has 0 radical (unpaired) electrons. The molecule has 2 aromatic rings. The van der Waals surface area contributed by atoms with Crippen LogP contribution in [0.15, 0.2) is 42.7 Å². The van der Waals surface area contributed by atoms with Gasteiger partial charge in [0.05, 0.1) is 30.9 Å². The Labute approximate surface area is 148 Å². The average molecular weight is 343 g/mol. The van der Waals surface area contributed by atoms with Crippen molar-refractivity contribution < 1.29 is 14.6 Å². The Kier molecular flexibility index (Phi) is 5.50. The van der Waals surface area contributed by atoms with E-state index >= 15 is 0 Å². The summed E-state index contributed by atoms with van der Waals surface area (Å²) in [7, 11) is 1.73. The minimum Gasteiger partial charge on any atom is -0.392 e. The van der Waals surface area contributed by atoms with Crippen molar-refractivity contribution in [2.45, 2.75) is 32.1 Å². The zero-order valence-corrected chi connectivity index (χ0v) is 14.7. The molecule has 3 atom stereocenters. The van der Waals surface area contributed by atoms with Crippen LogP contribution in [-0.4, -0.2) is 52.0 Å². The first-order valence-electron chi connectivity index (χ1n) is 8.65. The molecular weight excluding hydrogens is 318 g/mol. The normalized spacial score (nSPS) is 21.2. The third-order valence-electron chi connectivity index (χ3n) is 4.49. The molecule has 1 aliphatic heterocycles. The molecule has 1 saturated heterocycles. The minimum atomic E-state index is -0.539. The molecule has 1 amide bonds. The maximum absolute atomic E-state index is 12.7. The lowest BCUT2D eigenvalue weighted by molar-refractivity contribution is -0.137. The Hall–Kier alpha value is -2.18. The fourth-order valence-electron chi connectivity index (χ4n) is 3.32. The number of nitrogens with zero attached hydrogens (tertiary/aromatic N) is 3. The van der Waals surface area contributed by atoms with Crippen molar-refractivity contribution in [2.75, 3.05) is 20.2 Å². The summed E-state index contributed by atoms with van der Waals surface area (Å²) in [5.41, 5.74) is 2.10. The molecule has 3 rings (SSSR count). The van der Waals surface area contributed by atoms with Crippen molar-refractivity contribution in [3.05, 3.63) is 53.9 Å². The predicted octanol–water partition coefficient (Wildman–Crippen LogP) is 1.85. The van der Waals surface area contributed by atoms with Crippen LogP contribution in [0.25, 0.3) is 0 Å². The molecule has 25 heavy (non-hydrogen) atoms. The lowest BCUT2D eigenvalue weighted by Crippen LogP contribution is -2.38. The first-order valence-corrected chi connectivity index (χ1v) is 8.65. The maximum atomic E-state index is 12.7. The van der Waals surface area contributed by atoms with Gasteiger partial charge in [-0.05, 0) is 18.9 Å². The minimum absolute atomic E-state index is 0.0132. The number of hydrogen-bond donors (Lipinski definition) is 1. The van der Waals surface area contributed by atoms with Crippen LogP contribution in [0.5, 0.6) is 0 Å². The Balaban J connectivity index is 1.69. The molecule has 1 fully saturated rings. The van der Waals surface area contributed by atoms with Gasteiger partial charge in [0.25, 0.3) is 0 Å². The van der Waals surface area contributed by atoms with E-state index in [0.29, 0.717) is 26.1 Å². The van der Waals surface area contributed by atoms with Gasteiger partial charge in [-0.2, -0.15) is 5.10 Å². The van der Waals surface area contributed by atoms with E-state index in [4.69, 9.17) is 4.74 Å². The van der Waals surface area contributed by atoms with Crippen molar-refractivity contribution in [1.29, 1.82) is 0 Å². The SMILES string of the molecule is C[C@H](O)CN(C)C(=O)[C@H]1CCO[C@@H]1c1cnn(Cc2ccccc2)c1. The van der Waals surface area contributed by atoms with Crippen molar-refractivity contribution >= 4 is 5.91 Å². The second kappa shape index (κ2) is 7.80. The van der Waals surface area contributed by atoms with Crippen LogP contribution in [0.4, 0.5) is 0 Å². The summed E-state index contributed by atoms with van der Waals surface area (Å²) < 4.78 is 7.70. The fourth-order valence-corrected chi connectivity index (χ4v) is 3.32. The Bertz CT molecular complexity index is 699. The number of aliphatic hydroxyl groups excluding tert-OH is 1. The molecule has 0 spiro atoms. The molecule has 134 valence electrons. The van der Waals surface area contributed by atoms with Gasteiger partial charge in [0.15, 0.2) is 0 Å². The van der Waals surface area contributed by atoms with Crippen LogP contribution in [-0.2, 0) is 16.1 Å². The molecule has 0 aliphatic carbocycles. The van der Waals surface area contributed by atoms with Crippen LogP contribution in [0.1, 0.15) is 30.6 Å². The number of ether oxygens (including phenoxy) is 1. The van der Waals surface area contributed by atoms with E-state index in [1.165, 1.54) is 5.56 Å². The summed E-state index contributed by atoms with van der Waals surface area (Å²) >= 11 is 0. The van der Waals surface area contributed by atoms with E-state index in [0.717, 1.165) is 5.56 Å². The molecular formula is C19H25N3O3. The fraction of sp³-hybridized carbons (Fsp3) is 0.474. The monoisotopic (exact) mass is 343 g/mol. The van der Waals surface area contributed by atoms with Crippen molar-refractivity contribution in [3.8, 4) is 0 Å². The molecule has 1 aromatic heterocycles. The van der Waals surface area contributed by atoms with Crippen LogP contribution in [0, 0.1) is 5.92 Å². The van der Waals surface area contributed by atoms with Gasteiger partial charge in [-0.3, -0.25) is 9.48 Å². The van der Waals surface area contributed by atoms with E-state index in [1.807, 2.05) is 29.1 Å². The molecule has 0 bridgehead atoms. The first kappa shape index (κ1) is 17.6. The third-order valence-corrected chi connectivity index (χ3v) is 4.49. The van der Waals surface area contributed by atoms with Crippen LogP contribution >= 0.6 is 0 Å². The molecule has 6 heteroatoms. The predicted molar refractivity (Wildman–Crippen MR) is 93.9 cm³/mol. The van der Waals surface area contributed by atoms with Gasteiger partial charge in [0.1, 0.15) is 0 Å². The summed E-state index contributed by atoms with van der Waals surface area (Å²) in [4.78, 5) is 14.3. The van der Waals surface area contributed by atoms with Gasteiger partial charge in [0, 0.05) is 32.0 Å². The number of aromatic nitrogens is 2. The second-order valence-corrected chi connectivity index (χ2v) is 6.71. The third kappa shape index (κ3) is 4.27. The highest BCUT2D eigenvalue weighted by Crippen LogP contribution is 2.35. The van der Waals surface area contributed by atoms with E-state index in [1.54, 1.807) is 25.1 Å². The summed E-state index contributed by atoms with van der Waals surface area (Å²) in [5, 5.41) is 13.9. The lowest BCUT2D eigenvalue weighted by Gasteiger charge is -2.24. The molecule has 1 N–H and O–H groups in total. The molecule has 2 heterocycles. The van der Waals surface area contributed by atoms with Crippen molar-refractivity contribution in [1.82, 2.24) is 14.7 Å². The zero-order chi connectivity index (χ0) is 17.8. The number of amides is 1. The summed E-state index contributed by atoms with van der Waals surface area (Å²) in [6.07, 6.45) is 3.63. The van der Waals surface area contributed by atoms with Gasteiger partial charge < -0.3 is 14.7 Å².